The predicted molar refractivity (Wildman–Crippen MR) is 52.5 cm³/mol. The zero-order chi connectivity index (χ0) is 10.3. The average molecular weight is 203 g/mol. The fourth-order valence-corrected chi connectivity index (χ4v) is 0.993. The van der Waals surface area contributed by atoms with E-state index >= 15 is 0 Å². The lowest BCUT2D eigenvalue weighted by atomic mass is 10.4. The molecule has 0 aliphatic rings. The third-order valence-electron chi connectivity index (χ3n) is 1.37. The number of thioether (sulfide) groups is 1. The summed E-state index contributed by atoms with van der Waals surface area (Å²) in [5.41, 5.74) is 0. The van der Waals surface area contributed by atoms with Crippen LogP contribution >= 0.6 is 11.8 Å². The molecule has 0 spiro atoms. The summed E-state index contributed by atoms with van der Waals surface area (Å²) in [6.45, 7) is 1.91. The summed E-state index contributed by atoms with van der Waals surface area (Å²) < 4.78 is 0. The minimum atomic E-state index is -0.993. The van der Waals surface area contributed by atoms with Crippen molar-refractivity contribution in [1.82, 2.24) is 4.90 Å². The molecule has 1 N–H and O–H groups in total. The Labute approximate surface area is 81.6 Å². The van der Waals surface area contributed by atoms with E-state index in [1.807, 2.05) is 6.26 Å². The molecule has 0 rings (SSSR count). The Hall–Kier alpha value is -0.970. The number of carbonyl (C=O) groups excluding carboxylic acids is 1. The van der Waals surface area contributed by atoms with Crippen LogP contribution in [0.3, 0.4) is 0 Å². The molecule has 0 heterocycles. The molecule has 0 radical (unpaired) electrons. The number of hydrogen-bond acceptors (Lipinski definition) is 3. The molecule has 5 heteroatoms. The Bertz CT molecular complexity index is 215. The number of carboxylic acids is 1. The molecular weight excluding hydrogens is 190 g/mol. The van der Waals surface area contributed by atoms with Crippen LogP contribution in [0.2, 0.25) is 0 Å². The highest BCUT2D eigenvalue weighted by atomic mass is 32.2. The van der Waals surface area contributed by atoms with Gasteiger partial charge in [-0.2, -0.15) is 0 Å². The van der Waals surface area contributed by atoms with Gasteiger partial charge in [-0.25, -0.2) is 0 Å². The SMILES string of the molecule is CCN(CC(=O)O)C(=O)/C=C/SC. The lowest BCUT2D eigenvalue weighted by Gasteiger charge is -2.15. The van der Waals surface area contributed by atoms with Gasteiger partial charge in [-0.15, -0.1) is 11.8 Å². The maximum atomic E-state index is 11.2. The first kappa shape index (κ1) is 12.0. The number of nitrogens with zero attached hydrogens (tertiary/aromatic N) is 1. The number of carbonyl (C=O) groups is 2. The monoisotopic (exact) mass is 203 g/mol. The summed E-state index contributed by atoms with van der Waals surface area (Å²) in [4.78, 5) is 22.8. The molecule has 0 saturated carbocycles. The summed E-state index contributed by atoms with van der Waals surface area (Å²) in [6.07, 6.45) is 3.20. The van der Waals surface area contributed by atoms with Crippen molar-refractivity contribution in [3.8, 4) is 0 Å². The highest BCUT2D eigenvalue weighted by Crippen LogP contribution is 1.97. The third-order valence-corrected chi connectivity index (χ3v) is 1.77. The summed E-state index contributed by atoms with van der Waals surface area (Å²) in [5, 5.41) is 10.1. The van der Waals surface area contributed by atoms with Gasteiger partial charge in [0.25, 0.3) is 0 Å². The van der Waals surface area contributed by atoms with Gasteiger partial charge in [-0.05, 0) is 18.6 Å². The van der Waals surface area contributed by atoms with E-state index in [2.05, 4.69) is 0 Å². The van der Waals surface area contributed by atoms with E-state index in [0.717, 1.165) is 0 Å². The second-order valence-corrected chi connectivity index (χ2v) is 3.03. The normalized spacial score (nSPS) is 10.3. The molecule has 1 amide bonds. The zero-order valence-corrected chi connectivity index (χ0v) is 8.50. The van der Waals surface area contributed by atoms with Crippen molar-refractivity contribution in [2.24, 2.45) is 0 Å². The molecule has 0 atom stereocenters. The Morgan fingerprint density at radius 1 is 1.54 bits per heavy atom. The van der Waals surface area contributed by atoms with Crippen LogP contribution < -0.4 is 0 Å². The van der Waals surface area contributed by atoms with Gasteiger partial charge in [0.15, 0.2) is 0 Å². The van der Waals surface area contributed by atoms with Crippen molar-refractivity contribution in [1.29, 1.82) is 0 Å². The van der Waals surface area contributed by atoms with E-state index in [-0.39, 0.29) is 12.5 Å². The second kappa shape index (κ2) is 6.54. The van der Waals surface area contributed by atoms with Crippen molar-refractivity contribution < 1.29 is 14.7 Å². The van der Waals surface area contributed by atoms with Crippen molar-refractivity contribution in [3.05, 3.63) is 11.5 Å². The van der Waals surface area contributed by atoms with E-state index in [0.29, 0.717) is 6.54 Å². The Morgan fingerprint density at radius 3 is 2.54 bits per heavy atom. The third kappa shape index (κ3) is 5.30. The minimum Gasteiger partial charge on any atom is -0.480 e. The van der Waals surface area contributed by atoms with Gasteiger partial charge >= 0.3 is 5.97 Å². The number of carboxylic acid groups (broad SMARTS) is 1. The Morgan fingerprint density at radius 2 is 2.15 bits per heavy atom. The molecule has 0 aromatic rings. The molecule has 0 aliphatic heterocycles. The predicted octanol–water partition coefficient (Wildman–Crippen LogP) is 0.796. The molecule has 0 aliphatic carbocycles. The van der Waals surface area contributed by atoms with Crippen LogP contribution in [-0.2, 0) is 9.59 Å². The van der Waals surface area contributed by atoms with E-state index in [4.69, 9.17) is 5.11 Å². The van der Waals surface area contributed by atoms with Crippen LogP contribution in [0.25, 0.3) is 0 Å². The van der Waals surface area contributed by atoms with Gasteiger partial charge in [-0.3, -0.25) is 9.59 Å². The van der Waals surface area contributed by atoms with E-state index < -0.39 is 5.97 Å². The first-order valence-corrected chi connectivity index (χ1v) is 5.10. The standard InChI is InChI=1S/C8H13NO3S/c1-3-9(6-8(11)12)7(10)4-5-13-2/h4-5H,3,6H2,1-2H3,(H,11,12)/b5-4+. The Kier molecular flexibility index (Phi) is 6.05. The lowest BCUT2D eigenvalue weighted by molar-refractivity contribution is -0.142. The highest BCUT2D eigenvalue weighted by molar-refractivity contribution is 8.01. The topological polar surface area (TPSA) is 57.6 Å². The van der Waals surface area contributed by atoms with Crippen molar-refractivity contribution >= 4 is 23.6 Å². The second-order valence-electron chi connectivity index (χ2n) is 2.28. The van der Waals surface area contributed by atoms with Crippen molar-refractivity contribution in [2.45, 2.75) is 6.92 Å². The van der Waals surface area contributed by atoms with Crippen LogP contribution in [0, 0.1) is 0 Å². The Balaban J connectivity index is 4.15. The molecule has 0 bridgehead atoms. The first-order chi connectivity index (χ1) is 6.11. The van der Waals surface area contributed by atoms with Gasteiger partial charge in [0.05, 0.1) is 0 Å². The van der Waals surface area contributed by atoms with E-state index in [1.165, 1.54) is 22.7 Å². The van der Waals surface area contributed by atoms with E-state index in [9.17, 15) is 9.59 Å². The number of likely N-dealkylation sites (N-methyl/N-ethyl adjacent to an activating group) is 1. The van der Waals surface area contributed by atoms with Crippen LogP contribution in [0.5, 0.6) is 0 Å². The van der Waals surface area contributed by atoms with E-state index in [1.54, 1.807) is 12.3 Å². The molecule has 0 aromatic carbocycles. The fraction of sp³-hybridized carbons (Fsp3) is 0.500. The minimum absolute atomic E-state index is 0.242. The van der Waals surface area contributed by atoms with Crippen LogP contribution in [0.4, 0.5) is 0 Å². The van der Waals surface area contributed by atoms with Gasteiger partial charge in [-0.1, -0.05) is 0 Å². The summed E-state index contributed by atoms with van der Waals surface area (Å²) in [6, 6.07) is 0. The highest BCUT2D eigenvalue weighted by Gasteiger charge is 2.11. The largest absolute Gasteiger partial charge is 0.480 e. The number of aliphatic carboxylic acids is 1. The summed E-state index contributed by atoms with van der Waals surface area (Å²) >= 11 is 1.40. The molecular formula is C8H13NO3S. The molecule has 13 heavy (non-hydrogen) atoms. The zero-order valence-electron chi connectivity index (χ0n) is 7.69. The van der Waals surface area contributed by atoms with Gasteiger partial charge in [0.2, 0.25) is 5.91 Å². The van der Waals surface area contributed by atoms with Gasteiger partial charge in [0, 0.05) is 12.6 Å². The molecule has 0 fully saturated rings. The van der Waals surface area contributed by atoms with Crippen LogP contribution in [0.1, 0.15) is 6.92 Å². The summed E-state index contributed by atoms with van der Waals surface area (Å²) in [5.74, 6) is -1.26. The molecule has 74 valence electrons. The smallest absolute Gasteiger partial charge is 0.323 e. The van der Waals surface area contributed by atoms with Gasteiger partial charge < -0.3 is 10.0 Å². The maximum Gasteiger partial charge on any atom is 0.323 e. The first-order valence-electron chi connectivity index (χ1n) is 3.81. The molecule has 0 unspecified atom stereocenters. The fourth-order valence-electron chi connectivity index (χ4n) is 0.740. The lowest BCUT2D eigenvalue weighted by Crippen LogP contribution is -2.34. The molecule has 4 nitrogen and oxygen atoms in total. The molecule has 0 saturated heterocycles. The average Bonchev–Trinajstić information content (AvgIpc) is 2.09. The molecule has 0 aromatic heterocycles. The number of rotatable bonds is 5. The van der Waals surface area contributed by atoms with Gasteiger partial charge in [0.1, 0.15) is 6.54 Å². The van der Waals surface area contributed by atoms with Crippen LogP contribution in [0.15, 0.2) is 11.5 Å². The van der Waals surface area contributed by atoms with Crippen molar-refractivity contribution in [2.75, 3.05) is 19.3 Å². The quantitative estimate of drug-likeness (QED) is 0.671. The maximum absolute atomic E-state index is 11.2. The number of amides is 1. The van der Waals surface area contributed by atoms with Crippen LogP contribution in [-0.4, -0.2) is 41.2 Å². The van der Waals surface area contributed by atoms with Crippen molar-refractivity contribution in [3.63, 3.8) is 0 Å². The number of hydrogen-bond donors (Lipinski definition) is 1. The summed E-state index contributed by atoms with van der Waals surface area (Å²) in [7, 11) is 0.